The second kappa shape index (κ2) is 7.04. The summed E-state index contributed by atoms with van der Waals surface area (Å²) in [5, 5.41) is 9.47. The van der Waals surface area contributed by atoms with E-state index in [1.165, 1.54) is 6.07 Å². The Hall–Kier alpha value is -3.02. The molecule has 2 rings (SSSR count). The van der Waals surface area contributed by atoms with Gasteiger partial charge in [-0.15, -0.1) is 0 Å². The third-order valence-electron chi connectivity index (χ3n) is 3.52. The number of hydrogen-bond donors (Lipinski definition) is 1. The number of nitrogens with zero attached hydrogens (tertiary/aromatic N) is 2. The molecule has 0 unspecified atom stereocenters. The van der Waals surface area contributed by atoms with Gasteiger partial charge in [0.05, 0.1) is 16.8 Å². The molecule has 0 bridgehead atoms. The number of benzene rings is 2. The van der Waals surface area contributed by atoms with E-state index in [2.05, 4.69) is 0 Å². The Balaban J connectivity index is 2.33. The standard InChI is InChI=1S/C18H20N2O4/c1-19(2)12-8-10-13(11-9-12)24-18(23)14-6-5-7-15(20(3)4)16(14)17(21)22/h5-11H,1-4H3,(H,21,22). The van der Waals surface area contributed by atoms with Gasteiger partial charge in [0, 0.05) is 33.9 Å². The number of carboxylic acid groups (broad SMARTS) is 1. The summed E-state index contributed by atoms with van der Waals surface area (Å²) < 4.78 is 5.32. The van der Waals surface area contributed by atoms with Crippen LogP contribution in [-0.4, -0.2) is 45.2 Å². The molecule has 0 saturated carbocycles. The van der Waals surface area contributed by atoms with Gasteiger partial charge in [-0.1, -0.05) is 6.07 Å². The molecule has 0 amide bonds. The van der Waals surface area contributed by atoms with Gasteiger partial charge >= 0.3 is 11.9 Å². The van der Waals surface area contributed by atoms with Gasteiger partial charge in [-0.05, 0) is 36.4 Å². The predicted molar refractivity (Wildman–Crippen MR) is 93.5 cm³/mol. The van der Waals surface area contributed by atoms with Crippen LogP contribution in [-0.2, 0) is 0 Å². The summed E-state index contributed by atoms with van der Waals surface area (Å²) in [6, 6.07) is 11.7. The molecule has 0 aromatic heterocycles. The molecule has 2 aromatic carbocycles. The number of esters is 1. The van der Waals surface area contributed by atoms with E-state index in [0.29, 0.717) is 11.4 Å². The van der Waals surface area contributed by atoms with Gasteiger partial charge in [-0.2, -0.15) is 0 Å². The van der Waals surface area contributed by atoms with Crippen LogP contribution in [0.1, 0.15) is 20.7 Å². The summed E-state index contributed by atoms with van der Waals surface area (Å²) in [6.07, 6.45) is 0. The molecule has 6 heteroatoms. The fraction of sp³-hybridized carbons (Fsp3) is 0.222. The molecule has 24 heavy (non-hydrogen) atoms. The monoisotopic (exact) mass is 328 g/mol. The second-order valence-electron chi connectivity index (χ2n) is 5.68. The Morgan fingerprint density at radius 2 is 1.54 bits per heavy atom. The number of aromatic carboxylic acids is 1. The minimum Gasteiger partial charge on any atom is -0.478 e. The predicted octanol–water partition coefficient (Wildman–Crippen LogP) is 2.74. The lowest BCUT2D eigenvalue weighted by Gasteiger charge is -2.17. The van der Waals surface area contributed by atoms with Crippen LogP contribution >= 0.6 is 0 Å². The fourth-order valence-corrected chi connectivity index (χ4v) is 2.28. The molecule has 6 nitrogen and oxygen atoms in total. The van der Waals surface area contributed by atoms with E-state index in [9.17, 15) is 14.7 Å². The number of carboxylic acids is 1. The summed E-state index contributed by atoms with van der Waals surface area (Å²) in [5.74, 6) is -1.51. The van der Waals surface area contributed by atoms with Crippen LogP contribution in [0, 0.1) is 0 Å². The normalized spacial score (nSPS) is 10.2. The van der Waals surface area contributed by atoms with Gasteiger partial charge in [-0.25, -0.2) is 9.59 Å². The molecule has 0 aliphatic heterocycles. The van der Waals surface area contributed by atoms with E-state index < -0.39 is 11.9 Å². The first-order valence-electron chi connectivity index (χ1n) is 7.34. The molecule has 0 aliphatic rings. The molecule has 0 atom stereocenters. The number of hydrogen-bond acceptors (Lipinski definition) is 5. The summed E-state index contributed by atoms with van der Waals surface area (Å²) in [4.78, 5) is 27.6. The van der Waals surface area contributed by atoms with E-state index >= 15 is 0 Å². The van der Waals surface area contributed by atoms with Crippen LogP contribution in [0.3, 0.4) is 0 Å². The van der Waals surface area contributed by atoms with Crippen LogP contribution in [0.5, 0.6) is 5.75 Å². The van der Waals surface area contributed by atoms with Gasteiger partial charge in [0.2, 0.25) is 0 Å². The summed E-state index contributed by atoms with van der Waals surface area (Å²) in [6.45, 7) is 0. The highest BCUT2D eigenvalue weighted by molar-refractivity contribution is 6.07. The van der Waals surface area contributed by atoms with E-state index in [4.69, 9.17) is 4.74 Å². The largest absolute Gasteiger partial charge is 0.478 e. The van der Waals surface area contributed by atoms with E-state index in [1.54, 1.807) is 43.3 Å². The van der Waals surface area contributed by atoms with Gasteiger partial charge in [-0.3, -0.25) is 0 Å². The molecule has 2 aromatic rings. The Kier molecular flexibility index (Phi) is 5.08. The number of anilines is 2. The van der Waals surface area contributed by atoms with Gasteiger partial charge in [0.15, 0.2) is 0 Å². The average Bonchev–Trinajstić information content (AvgIpc) is 2.54. The molecule has 0 heterocycles. The number of carbonyl (C=O) groups excluding carboxylic acids is 1. The van der Waals surface area contributed by atoms with Crippen LogP contribution in [0.4, 0.5) is 11.4 Å². The van der Waals surface area contributed by atoms with Gasteiger partial charge < -0.3 is 19.6 Å². The SMILES string of the molecule is CN(C)c1ccc(OC(=O)c2cccc(N(C)C)c2C(=O)O)cc1. The molecule has 0 spiro atoms. The molecule has 0 radical (unpaired) electrons. The Labute approximate surface area is 140 Å². The third kappa shape index (κ3) is 3.65. The van der Waals surface area contributed by atoms with Gasteiger partial charge in [0.1, 0.15) is 5.75 Å². The Morgan fingerprint density at radius 1 is 0.917 bits per heavy atom. The summed E-state index contributed by atoms with van der Waals surface area (Å²) in [7, 11) is 7.26. The molecule has 0 saturated heterocycles. The van der Waals surface area contributed by atoms with Crippen molar-refractivity contribution in [3.63, 3.8) is 0 Å². The van der Waals surface area contributed by atoms with Crippen molar-refractivity contribution < 1.29 is 19.4 Å². The van der Waals surface area contributed by atoms with Crippen molar-refractivity contribution in [2.45, 2.75) is 0 Å². The highest BCUT2D eigenvalue weighted by Crippen LogP contribution is 2.25. The maximum atomic E-state index is 12.4. The second-order valence-corrected chi connectivity index (χ2v) is 5.68. The van der Waals surface area contributed by atoms with Crippen molar-refractivity contribution >= 4 is 23.3 Å². The van der Waals surface area contributed by atoms with Crippen LogP contribution in [0.2, 0.25) is 0 Å². The van der Waals surface area contributed by atoms with Crippen LogP contribution < -0.4 is 14.5 Å². The molecule has 1 N–H and O–H groups in total. The Bertz CT molecular complexity index is 752. The van der Waals surface area contributed by atoms with E-state index in [-0.39, 0.29) is 11.1 Å². The zero-order chi connectivity index (χ0) is 17.9. The third-order valence-corrected chi connectivity index (χ3v) is 3.52. The highest BCUT2D eigenvalue weighted by Gasteiger charge is 2.22. The van der Waals surface area contributed by atoms with Crippen molar-refractivity contribution in [1.82, 2.24) is 0 Å². The lowest BCUT2D eigenvalue weighted by molar-refractivity contribution is 0.0668. The van der Waals surface area contributed by atoms with Crippen molar-refractivity contribution in [3.05, 3.63) is 53.6 Å². The Morgan fingerprint density at radius 3 is 2.04 bits per heavy atom. The summed E-state index contributed by atoms with van der Waals surface area (Å²) in [5.41, 5.74) is 1.36. The van der Waals surface area contributed by atoms with Crippen molar-refractivity contribution in [2.75, 3.05) is 38.0 Å². The maximum Gasteiger partial charge on any atom is 0.344 e. The fourth-order valence-electron chi connectivity index (χ4n) is 2.28. The van der Waals surface area contributed by atoms with Crippen molar-refractivity contribution in [1.29, 1.82) is 0 Å². The highest BCUT2D eigenvalue weighted by atomic mass is 16.5. The average molecular weight is 328 g/mol. The molecular formula is C18H20N2O4. The number of ether oxygens (including phenoxy) is 1. The summed E-state index contributed by atoms with van der Waals surface area (Å²) >= 11 is 0. The number of rotatable bonds is 5. The lowest BCUT2D eigenvalue weighted by atomic mass is 10.0. The first-order chi connectivity index (χ1) is 11.3. The zero-order valence-corrected chi connectivity index (χ0v) is 14.1. The van der Waals surface area contributed by atoms with E-state index in [0.717, 1.165) is 5.69 Å². The molecule has 126 valence electrons. The minimum atomic E-state index is -1.17. The van der Waals surface area contributed by atoms with Crippen LogP contribution in [0.25, 0.3) is 0 Å². The first-order valence-corrected chi connectivity index (χ1v) is 7.34. The quantitative estimate of drug-likeness (QED) is 0.672. The minimum absolute atomic E-state index is 0.0189. The maximum absolute atomic E-state index is 12.4. The number of carbonyl (C=O) groups is 2. The zero-order valence-electron chi connectivity index (χ0n) is 14.1. The van der Waals surface area contributed by atoms with Crippen molar-refractivity contribution in [3.8, 4) is 5.75 Å². The smallest absolute Gasteiger partial charge is 0.344 e. The molecular weight excluding hydrogens is 308 g/mol. The molecule has 0 fully saturated rings. The van der Waals surface area contributed by atoms with E-state index in [1.807, 2.05) is 31.1 Å². The van der Waals surface area contributed by atoms with Crippen LogP contribution in [0.15, 0.2) is 42.5 Å². The molecule has 0 aliphatic carbocycles. The first kappa shape index (κ1) is 17.3. The van der Waals surface area contributed by atoms with Crippen molar-refractivity contribution in [2.24, 2.45) is 0 Å². The lowest BCUT2D eigenvalue weighted by Crippen LogP contribution is -2.19. The topological polar surface area (TPSA) is 70.1 Å². The van der Waals surface area contributed by atoms with Gasteiger partial charge in [0.25, 0.3) is 0 Å².